The van der Waals surface area contributed by atoms with Crippen LogP contribution in [0.15, 0.2) is 48.7 Å². The maximum Gasteiger partial charge on any atom is 0.416 e. The molecule has 3 heterocycles. The highest BCUT2D eigenvalue weighted by Crippen LogP contribution is 2.37. The molecule has 2 fully saturated rings. The molecule has 15 heteroatoms. The molecule has 2 atom stereocenters. The zero-order valence-electron chi connectivity index (χ0n) is 23.3. The zero-order chi connectivity index (χ0) is 31.1. The first kappa shape index (κ1) is 33.1. The number of halogens is 7. The molecule has 0 unspecified atom stereocenters. The molecule has 5 rings (SSSR count). The highest BCUT2D eigenvalue weighted by molar-refractivity contribution is 5.95. The standard InChI is InChI=1S/C29H29F6N5O3.ClH/c30-28(31,32)19-10-17(11-20(13-19)29(33,34)35)27(43)39-9-8-38(16-25(41)40-7-3-6-24(40)26(36)42)15-21(39)12-18-14-37-23-5-2-1-4-22(18)23;/h1-2,4-5,10-11,13-14,21,24,37H,3,6-9,12,15-16H2,(H2,36,42);1H/t21-,24+;/m1./s1. The Morgan fingerprint density at radius 2 is 1.57 bits per heavy atom. The van der Waals surface area contributed by atoms with Gasteiger partial charge in [0.1, 0.15) is 6.04 Å². The van der Waals surface area contributed by atoms with Crippen LogP contribution in [0.1, 0.15) is 39.9 Å². The fraction of sp³-hybridized carbons (Fsp3) is 0.414. The molecule has 2 aromatic carbocycles. The lowest BCUT2D eigenvalue weighted by Gasteiger charge is -2.42. The van der Waals surface area contributed by atoms with Crippen LogP contribution < -0.4 is 5.73 Å². The van der Waals surface area contributed by atoms with Crippen LogP contribution in [-0.4, -0.2) is 82.2 Å². The monoisotopic (exact) mass is 645 g/mol. The molecule has 3 N–H and O–H groups in total. The molecule has 0 aliphatic carbocycles. The molecule has 0 spiro atoms. The maximum atomic E-state index is 13.7. The lowest BCUT2D eigenvalue weighted by molar-refractivity contribution is -0.143. The van der Waals surface area contributed by atoms with E-state index in [0.29, 0.717) is 31.5 Å². The summed E-state index contributed by atoms with van der Waals surface area (Å²) in [6.07, 6.45) is -7.15. The number of aromatic amines is 1. The Morgan fingerprint density at radius 1 is 0.909 bits per heavy atom. The number of benzene rings is 2. The van der Waals surface area contributed by atoms with Crippen molar-refractivity contribution in [2.45, 2.75) is 43.7 Å². The summed E-state index contributed by atoms with van der Waals surface area (Å²) in [5.41, 5.74) is 3.19. The van der Waals surface area contributed by atoms with Gasteiger partial charge in [-0.1, -0.05) is 18.2 Å². The fourth-order valence-electron chi connectivity index (χ4n) is 5.95. The third-order valence-corrected chi connectivity index (χ3v) is 8.05. The van der Waals surface area contributed by atoms with Gasteiger partial charge in [-0.3, -0.25) is 19.3 Å². The lowest BCUT2D eigenvalue weighted by atomic mass is 9.98. The Labute approximate surface area is 254 Å². The SMILES string of the molecule is Cl.NC(=O)[C@@H]1CCCN1C(=O)CN1CCN(C(=O)c2cc(C(F)(F)F)cc(C(F)(F)F)c2)[C@H](Cc2c[nH]c3ccccc23)C1. The Balaban J connectivity index is 0.00000442. The number of hydrogen-bond acceptors (Lipinski definition) is 4. The normalized spacial score (nSPS) is 19.7. The van der Waals surface area contributed by atoms with Gasteiger partial charge in [0.2, 0.25) is 11.8 Å². The van der Waals surface area contributed by atoms with Crippen LogP contribution in [0.4, 0.5) is 26.3 Å². The number of carbonyl (C=O) groups excluding carboxylic acids is 3. The van der Waals surface area contributed by atoms with Gasteiger partial charge in [0, 0.05) is 54.9 Å². The third-order valence-electron chi connectivity index (χ3n) is 8.05. The first-order valence-corrected chi connectivity index (χ1v) is 13.7. The highest BCUT2D eigenvalue weighted by atomic mass is 35.5. The van der Waals surface area contributed by atoms with Crippen molar-refractivity contribution < 1.29 is 40.7 Å². The number of alkyl halides is 6. The molecular weight excluding hydrogens is 616 g/mol. The number of likely N-dealkylation sites (tertiary alicyclic amines) is 1. The Hall–Kier alpha value is -3.78. The van der Waals surface area contributed by atoms with E-state index in [1.807, 2.05) is 24.3 Å². The topological polar surface area (TPSA) is 103 Å². The molecule has 3 aromatic rings. The number of nitrogens with one attached hydrogen (secondary N) is 1. The van der Waals surface area contributed by atoms with E-state index in [9.17, 15) is 40.7 Å². The molecule has 0 saturated carbocycles. The molecule has 0 radical (unpaired) electrons. The predicted molar refractivity (Wildman–Crippen MR) is 151 cm³/mol. The molecular formula is C29H30ClF6N5O3. The van der Waals surface area contributed by atoms with Crippen molar-refractivity contribution in [1.82, 2.24) is 19.7 Å². The van der Waals surface area contributed by atoms with Crippen molar-refractivity contribution in [1.29, 1.82) is 0 Å². The summed E-state index contributed by atoms with van der Waals surface area (Å²) in [4.78, 5) is 46.2. The summed E-state index contributed by atoms with van der Waals surface area (Å²) in [5, 5.41) is 0.850. The van der Waals surface area contributed by atoms with E-state index in [1.54, 1.807) is 11.1 Å². The summed E-state index contributed by atoms with van der Waals surface area (Å²) < 4.78 is 81.2. The van der Waals surface area contributed by atoms with Crippen LogP contribution in [0.5, 0.6) is 0 Å². The minimum atomic E-state index is -5.10. The number of aromatic nitrogens is 1. The van der Waals surface area contributed by atoms with E-state index in [2.05, 4.69) is 4.98 Å². The molecule has 2 aliphatic heterocycles. The largest absolute Gasteiger partial charge is 0.416 e. The van der Waals surface area contributed by atoms with E-state index in [1.165, 1.54) is 9.80 Å². The fourth-order valence-corrected chi connectivity index (χ4v) is 5.95. The van der Waals surface area contributed by atoms with Crippen LogP contribution >= 0.6 is 12.4 Å². The van der Waals surface area contributed by atoms with Crippen LogP contribution in [0.25, 0.3) is 10.9 Å². The number of amides is 3. The second-order valence-electron chi connectivity index (χ2n) is 10.9. The first-order chi connectivity index (χ1) is 20.2. The van der Waals surface area contributed by atoms with Crippen molar-refractivity contribution in [3.63, 3.8) is 0 Å². The number of nitrogens with two attached hydrogens (primary N) is 1. The van der Waals surface area contributed by atoms with Crippen LogP contribution in [0.3, 0.4) is 0 Å². The van der Waals surface area contributed by atoms with Crippen molar-refractivity contribution in [3.05, 3.63) is 70.9 Å². The molecule has 8 nitrogen and oxygen atoms in total. The van der Waals surface area contributed by atoms with Gasteiger partial charge in [0.15, 0.2) is 0 Å². The quantitative estimate of drug-likeness (QED) is 0.386. The van der Waals surface area contributed by atoms with Gasteiger partial charge in [0.25, 0.3) is 5.91 Å². The van der Waals surface area contributed by atoms with Gasteiger partial charge in [-0.2, -0.15) is 26.3 Å². The van der Waals surface area contributed by atoms with E-state index < -0.39 is 52.9 Å². The van der Waals surface area contributed by atoms with E-state index in [0.717, 1.165) is 16.5 Å². The average molecular weight is 646 g/mol. The van der Waals surface area contributed by atoms with Crippen molar-refractivity contribution >= 4 is 41.0 Å². The van der Waals surface area contributed by atoms with Crippen LogP contribution in [0, 0.1) is 0 Å². The van der Waals surface area contributed by atoms with Crippen molar-refractivity contribution in [2.75, 3.05) is 32.7 Å². The average Bonchev–Trinajstić information content (AvgIpc) is 3.60. The van der Waals surface area contributed by atoms with Gasteiger partial charge >= 0.3 is 12.4 Å². The van der Waals surface area contributed by atoms with Gasteiger partial charge in [0.05, 0.1) is 17.7 Å². The zero-order valence-corrected chi connectivity index (χ0v) is 24.1. The minimum Gasteiger partial charge on any atom is -0.368 e. The van der Waals surface area contributed by atoms with E-state index in [-0.39, 0.29) is 57.0 Å². The molecule has 2 aliphatic rings. The van der Waals surface area contributed by atoms with Gasteiger partial charge < -0.3 is 20.5 Å². The number of rotatable bonds is 6. The number of primary amides is 1. The number of nitrogens with zero attached hydrogens (tertiary/aromatic N) is 3. The molecule has 44 heavy (non-hydrogen) atoms. The Morgan fingerprint density at radius 3 is 2.20 bits per heavy atom. The molecule has 1 aromatic heterocycles. The Kier molecular flexibility index (Phi) is 9.54. The third kappa shape index (κ3) is 6.96. The maximum absolute atomic E-state index is 13.7. The number of H-pyrrole nitrogens is 1. The second kappa shape index (κ2) is 12.7. The molecule has 2 saturated heterocycles. The number of hydrogen-bond donors (Lipinski definition) is 2. The number of para-hydroxylation sites is 1. The predicted octanol–water partition coefficient (Wildman–Crippen LogP) is 4.47. The summed E-state index contributed by atoms with van der Waals surface area (Å²) in [6, 6.07) is 6.82. The number of fused-ring (bicyclic) bond motifs is 1. The van der Waals surface area contributed by atoms with E-state index in [4.69, 9.17) is 5.73 Å². The molecule has 0 bridgehead atoms. The van der Waals surface area contributed by atoms with E-state index >= 15 is 0 Å². The number of piperazine rings is 1. The smallest absolute Gasteiger partial charge is 0.368 e. The summed E-state index contributed by atoms with van der Waals surface area (Å²) >= 11 is 0. The second-order valence-corrected chi connectivity index (χ2v) is 10.9. The summed E-state index contributed by atoms with van der Waals surface area (Å²) in [5.74, 6) is -1.89. The number of carbonyl (C=O) groups is 3. The summed E-state index contributed by atoms with van der Waals surface area (Å²) in [6.45, 7) is 0.508. The molecule has 238 valence electrons. The first-order valence-electron chi connectivity index (χ1n) is 13.7. The highest BCUT2D eigenvalue weighted by Gasteiger charge is 2.40. The van der Waals surface area contributed by atoms with Crippen molar-refractivity contribution in [2.24, 2.45) is 5.73 Å². The van der Waals surface area contributed by atoms with Crippen LogP contribution in [-0.2, 0) is 28.4 Å². The van der Waals surface area contributed by atoms with Gasteiger partial charge in [-0.05, 0) is 49.1 Å². The molecule has 3 amide bonds. The lowest BCUT2D eigenvalue weighted by Crippen LogP contribution is -2.58. The Bertz CT molecular complexity index is 1510. The van der Waals surface area contributed by atoms with Crippen LogP contribution in [0.2, 0.25) is 0 Å². The van der Waals surface area contributed by atoms with Crippen molar-refractivity contribution in [3.8, 4) is 0 Å². The van der Waals surface area contributed by atoms with Gasteiger partial charge in [-0.15, -0.1) is 12.4 Å². The van der Waals surface area contributed by atoms with Gasteiger partial charge in [-0.25, -0.2) is 0 Å². The minimum absolute atomic E-state index is 0. The summed E-state index contributed by atoms with van der Waals surface area (Å²) in [7, 11) is 0.